The van der Waals surface area contributed by atoms with Gasteiger partial charge in [0, 0.05) is 33.2 Å². The SMILES string of the molecule is CN=C(NCCCCSC)NCC(c1ccc(OC)c(OC)c1)N1CCOCC1. The number of nitrogens with one attached hydrogen (secondary N) is 2. The van der Waals surface area contributed by atoms with E-state index in [1.807, 2.05) is 24.9 Å². The third kappa shape index (κ3) is 7.60. The second-order valence-electron chi connectivity index (χ2n) is 6.86. The van der Waals surface area contributed by atoms with Crippen molar-refractivity contribution in [2.24, 2.45) is 4.99 Å². The van der Waals surface area contributed by atoms with E-state index < -0.39 is 0 Å². The normalized spacial score (nSPS) is 16.3. The predicted molar refractivity (Wildman–Crippen MR) is 122 cm³/mol. The lowest BCUT2D eigenvalue weighted by molar-refractivity contribution is 0.0169. The zero-order chi connectivity index (χ0) is 20.9. The van der Waals surface area contributed by atoms with Gasteiger partial charge in [-0.25, -0.2) is 0 Å². The Bertz CT molecular complexity index is 624. The van der Waals surface area contributed by atoms with Gasteiger partial charge in [0.2, 0.25) is 0 Å². The van der Waals surface area contributed by atoms with Crippen molar-refractivity contribution in [3.63, 3.8) is 0 Å². The third-order valence-electron chi connectivity index (χ3n) is 5.03. The molecule has 8 heteroatoms. The third-order valence-corrected chi connectivity index (χ3v) is 5.73. The summed E-state index contributed by atoms with van der Waals surface area (Å²) in [6, 6.07) is 6.34. The molecule has 1 aromatic carbocycles. The molecule has 1 unspecified atom stereocenters. The maximum absolute atomic E-state index is 5.55. The van der Waals surface area contributed by atoms with Crippen LogP contribution in [0.5, 0.6) is 11.5 Å². The smallest absolute Gasteiger partial charge is 0.191 e. The van der Waals surface area contributed by atoms with Gasteiger partial charge in [0.15, 0.2) is 17.5 Å². The highest BCUT2D eigenvalue weighted by Crippen LogP contribution is 2.32. The van der Waals surface area contributed by atoms with E-state index in [9.17, 15) is 0 Å². The molecule has 2 rings (SSSR count). The number of thioether (sulfide) groups is 1. The number of guanidine groups is 1. The Morgan fingerprint density at radius 1 is 1.17 bits per heavy atom. The van der Waals surface area contributed by atoms with Gasteiger partial charge in [-0.1, -0.05) is 6.07 Å². The minimum absolute atomic E-state index is 0.189. The number of unbranched alkanes of at least 4 members (excludes halogenated alkanes) is 1. The number of hydrogen-bond acceptors (Lipinski definition) is 6. The van der Waals surface area contributed by atoms with Crippen LogP contribution in [0.25, 0.3) is 0 Å². The van der Waals surface area contributed by atoms with Crippen molar-refractivity contribution in [2.75, 3.05) is 72.7 Å². The summed E-state index contributed by atoms with van der Waals surface area (Å²) >= 11 is 1.89. The maximum Gasteiger partial charge on any atom is 0.191 e. The fraction of sp³-hybridized carbons (Fsp3) is 0.667. The van der Waals surface area contributed by atoms with Crippen LogP contribution in [0.2, 0.25) is 0 Å². The molecule has 2 N–H and O–H groups in total. The molecule has 1 aliphatic heterocycles. The van der Waals surface area contributed by atoms with Crippen molar-refractivity contribution in [1.29, 1.82) is 0 Å². The van der Waals surface area contributed by atoms with Crippen LogP contribution in [0.3, 0.4) is 0 Å². The van der Waals surface area contributed by atoms with Gasteiger partial charge in [-0.05, 0) is 42.5 Å². The van der Waals surface area contributed by atoms with Gasteiger partial charge in [0.05, 0.1) is 33.5 Å². The molecule has 0 saturated carbocycles. The van der Waals surface area contributed by atoms with E-state index in [2.05, 4.69) is 38.9 Å². The molecule has 0 aromatic heterocycles. The Balaban J connectivity index is 2.04. The second-order valence-corrected chi connectivity index (χ2v) is 7.84. The highest BCUT2D eigenvalue weighted by atomic mass is 32.2. The number of aliphatic imine (C=N–C) groups is 1. The van der Waals surface area contributed by atoms with E-state index in [-0.39, 0.29) is 6.04 Å². The van der Waals surface area contributed by atoms with Crippen LogP contribution in [-0.4, -0.2) is 83.5 Å². The van der Waals surface area contributed by atoms with E-state index >= 15 is 0 Å². The van der Waals surface area contributed by atoms with Crippen LogP contribution in [-0.2, 0) is 4.74 Å². The summed E-state index contributed by atoms with van der Waals surface area (Å²) in [5, 5.41) is 6.92. The van der Waals surface area contributed by atoms with Gasteiger partial charge in [-0.3, -0.25) is 9.89 Å². The van der Waals surface area contributed by atoms with Crippen molar-refractivity contribution >= 4 is 17.7 Å². The van der Waals surface area contributed by atoms with Crippen molar-refractivity contribution < 1.29 is 14.2 Å². The summed E-state index contributed by atoms with van der Waals surface area (Å²) in [5.74, 6) is 3.53. The zero-order valence-corrected chi connectivity index (χ0v) is 19.0. The van der Waals surface area contributed by atoms with Crippen molar-refractivity contribution in [3.05, 3.63) is 23.8 Å². The largest absolute Gasteiger partial charge is 0.493 e. The fourth-order valence-corrected chi connectivity index (χ4v) is 3.89. The average molecular weight is 425 g/mol. The molecule has 1 saturated heterocycles. The van der Waals surface area contributed by atoms with Gasteiger partial charge in [0.25, 0.3) is 0 Å². The zero-order valence-electron chi connectivity index (χ0n) is 18.2. The standard InChI is InChI=1S/C21H36N4O3S/c1-22-21(23-9-5-6-14-29-4)24-16-18(25-10-12-28-13-11-25)17-7-8-19(26-2)20(15-17)27-3/h7-8,15,18H,5-6,9-14,16H2,1-4H3,(H2,22,23,24). The van der Waals surface area contributed by atoms with E-state index in [0.29, 0.717) is 0 Å². The molecule has 1 aliphatic rings. The van der Waals surface area contributed by atoms with Crippen LogP contribution in [0.1, 0.15) is 24.4 Å². The van der Waals surface area contributed by atoms with Crippen LogP contribution >= 0.6 is 11.8 Å². The Morgan fingerprint density at radius 3 is 2.59 bits per heavy atom. The Hall–Kier alpha value is -1.64. The number of ether oxygens (including phenoxy) is 3. The Labute approximate surface area is 179 Å². The van der Waals surface area contributed by atoms with Gasteiger partial charge in [-0.2, -0.15) is 11.8 Å². The minimum Gasteiger partial charge on any atom is -0.493 e. The minimum atomic E-state index is 0.189. The summed E-state index contributed by atoms with van der Waals surface area (Å²) in [6.45, 7) is 5.00. The van der Waals surface area contributed by atoms with E-state index in [1.165, 1.54) is 17.7 Å². The van der Waals surface area contributed by atoms with Crippen LogP contribution in [0, 0.1) is 0 Å². The first-order valence-corrected chi connectivity index (χ1v) is 11.6. The molecule has 1 heterocycles. The molecule has 0 spiro atoms. The first kappa shape index (κ1) is 23.6. The first-order valence-electron chi connectivity index (χ1n) is 10.2. The lowest BCUT2D eigenvalue weighted by Crippen LogP contribution is -2.46. The highest BCUT2D eigenvalue weighted by molar-refractivity contribution is 7.98. The van der Waals surface area contributed by atoms with Gasteiger partial charge >= 0.3 is 0 Å². The fourth-order valence-electron chi connectivity index (χ4n) is 3.40. The molecular formula is C21H36N4O3S. The number of benzene rings is 1. The number of hydrogen-bond donors (Lipinski definition) is 2. The summed E-state index contributed by atoms with van der Waals surface area (Å²) in [7, 11) is 5.15. The molecule has 29 heavy (non-hydrogen) atoms. The number of rotatable bonds is 11. The second kappa shape index (κ2) is 13.6. The van der Waals surface area contributed by atoms with Gasteiger partial charge in [-0.15, -0.1) is 0 Å². The quantitative estimate of drug-likeness (QED) is 0.321. The lowest BCUT2D eigenvalue weighted by Gasteiger charge is -2.35. The molecule has 1 atom stereocenters. The molecule has 0 amide bonds. The summed E-state index contributed by atoms with van der Waals surface area (Å²) < 4.78 is 16.5. The van der Waals surface area contributed by atoms with Crippen LogP contribution in [0.4, 0.5) is 0 Å². The monoisotopic (exact) mass is 424 g/mol. The molecule has 0 bridgehead atoms. The lowest BCUT2D eigenvalue weighted by atomic mass is 10.0. The summed E-state index contributed by atoms with van der Waals surface area (Å²) in [5.41, 5.74) is 1.19. The van der Waals surface area contributed by atoms with E-state index in [4.69, 9.17) is 14.2 Å². The van der Waals surface area contributed by atoms with Gasteiger partial charge in [0.1, 0.15) is 0 Å². The number of morpholine rings is 1. The molecule has 1 fully saturated rings. The summed E-state index contributed by atoms with van der Waals surface area (Å²) in [4.78, 5) is 6.83. The predicted octanol–water partition coefficient (Wildman–Crippen LogP) is 2.39. The van der Waals surface area contributed by atoms with Gasteiger partial charge < -0.3 is 24.8 Å². The van der Waals surface area contributed by atoms with Crippen LogP contribution < -0.4 is 20.1 Å². The Morgan fingerprint density at radius 2 is 1.93 bits per heavy atom. The molecule has 7 nitrogen and oxygen atoms in total. The van der Waals surface area contributed by atoms with Crippen molar-refractivity contribution in [3.8, 4) is 11.5 Å². The van der Waals surface area contributed by atoms with E-state index in [0.717, 1.165) is 63.3 Å². The van der Waals surface area contributed by atoms with E-state index in [1.54, 1.807) is 14.2 Å². The topological polar surface area (TPSA) is 67.4 Å². The van der Waals surface area contributed by atoms with Crippen molar-refractivity contribution in [1.82, 2.24) is 15.5 Å². The molecule has 0 aliphatic carbocycles. The Kier molecular flexibility index (Phi) is 11.1. The molecule has 164 valence electrons. The van der Waals surface area contributed by atoms with Crippen molar-refractivity contribution in [2.45, 2.75) is 18.9 Å². The first-order chi connectivity index (χ1) is 14.2. The number of methoxy groups -OCH3 is 2. The maximum atomic E-state index is 5.55. The molecule has 1 aromatic rings. The molecule has 0 radical (unpaired) electrons. The highest BCUT2D eigenvalue weighted by Gasteiger charge is 2.24. The average Bonchev–Trinajstić information content (AvgIpc) is 2.78. The van der Waals surface area contributed by atoms with Crippen LogP contribution in [0.15, 0.2) is 23.2 Å². The summed E-state index contributed by atoms with van der Waals surface area (Å²) in [6.07, 6.45) is 4.51. The molecular weight excluding hydrogens is 388 g/mol. The number of nitrogens with zero attached hydrogens (tertiary/aromatic N) is 2.